The van der Waals surface area contributed by atoms with E-state index in [1.165, 1.54) is 10.9 Å². The number of rotatable bonds is 3. The summed E-state index contributed by atoms with van der Waals surface area (Å²) < 4.78 is 11.8. The molecule has 0 aliphatic rings. The number of nitrogens with one attached hydrogen (secondary N) is 1. The zero-order chi connectivity index (χ0) is 17.0. The van der Waals surface area contributed by atoms with Crippen molar-refractivity contribution in [3.63, 3.8) is 0 Å². The van der Waals surface area contributed by atoms with Crippen LogP contribution < -0.4 is 5.32 Å². The van der Waals surface area contributed by atoms with E-state index in [0.717, 1.165) is 0 Å². The molecule has 1 amide bonds. The maximum Gasteiger partial charge on any atom is 0.420 e. The number of carbonyl (C=O) groups excluding carboxylic acids is 2. The monoisotopic (exact) mass is 311 g/mol. The van der Waals surface area contributed by atoms with Gasteiger partial charge in [-0.25, -0.2) is 19.1 Å². The van der Waals surface area contributed by atoms with E-state index in [-0.39, 0.29) is 0 Å². The molecule has 7 nitrogen and oxygen atoms in total. The van der Waals surface area contributed by atoms with Gasteiger partial charge in [0.15, 0.2) is 0 Å². The van der Waals surface area contributed by atoms with Crippen molar-refractivity contribution in [2.45, 2.75) is 59.2 Å². The number of ether oxygens (including phenoxy) is 2. The van der Waals surface area contributed by atoms with Crippen molar-refractivity contribution in [1.29, 1.82) is 0 Å². The fourth-order valence-electron chi connectivity index (χ4n) is 1.59. The van der Waals surface area contributed by atoms with E-state index in [9.17, 15) is 9.59 Å². The number of hydrogen-bond acceptors (Lipinski definition) is 5. The molecule has 0 atom stereocenters. The molecule has 0 radical (unpaired) electrons. The zero-order valence-corrected chi connectivity index (χ0v) is 14.1. The van der Waals surface area contributed by atoms with Crippen molar-refractivity contribution in [1.82, 2.24) is 14.9 Å². The summed E-state index contributed by atoms with van der Waals surface area (Å²) in [5, 5.41) is 2.64. The van der Waals surface area contributed by atoms with Crippen molar-refractivity contribution in [3.8, 4) is 0 Å². The van der Waals surface area contributed by atoms with Gasteiger partial charge in [-0.15, -0.1) is 0 Å². The van der Waals surface area contributed by atoms with Crippen LogP contribution in [0.3, 0.4) is 0 Å². The lowest BCUT2D eigenvalue weighted by atomic mass is 10.2. The van der Waals surface area contributed by atoms with Crippen LogP contribution in [0, 0.1) is 0 Å². The lowest BCUT2D eigenvalue weighted by Crippen LogP contribution is -2.34. The second-order valence-corrected chi connectivity index (χ2v) is 6.91. The third-order valence-electron chi connectivity index (χ3n) is 2.35. The molecule has 124 valence electrons. The summed E-state index contributed by atoms with van der Waals surface area (Å²) in [7, 11) is 0. The van der Waals surface area contributed by atoms with Gasteiger partial charge in [-0.3, -0.25) is 0 Å². The number of carbonyl (C=O) groups is 2. The van der Waals surface area contributed by atoms with E-state index < -0.39 is 23.4 Å². The summed E-state index contributed by atoms with van der Waals surface area (Å²) in [5.74, 6) is 0. The molecule has 22 heavy (non-hydrogen) atoms. The van der Waals surface area contributed by atoms with E-state index >= 15 is 0 Å². The predicted molar refractivity (Wildman–Crippen MR) is 81.8 cm³/mol. The van der Waals surface area contributed by atoms with E-state index in [1.807, 2.05) is 0 Å². The Labute approximate surface area is 131 Å². The maximum atomic E-state index is 12.0. The smallest absolute Gasteiger partial charge is 0.420 e. The van der Waals surface area contributed by atoms with Crippen molar-refractivity contribution in [2.75, 3.05) is 6.54 Å². The van der Waals surface area contributed by atoms with E-state index in [2.05, 4.69) is 10.3 Å². The molecular formula is C15H25N3O4. The van der Waals surface area contributed by atoms with E-state index in [1.54, 1.807) is 47.7 Å². The molecule has 0 saturated heterocycles. The van der Waals surface area contributed by atoms with Gasteiger partial charge < -0.3 is 14.8 Å². The molecule has 0 aliphatic heterocycles. The summed E-state index contributed by atoms with van der Waals surface area (Å²) in [6.07, 6.45) is 2.43. The fraction of sp³-hybridized carbons (Fsp3) is 0.667. The van der Waals surface area contributed by atoms with Gasteiger partial charge in [0.2, 0.25) is 0 Å². The Balaban J connectivity index is 2.53. The highest BCUT2D eigenvalue weighted by molar-refractivity contribution is 5.71. The van der Waals surface area contributed by atoms with Gasteiger partial charge in [0.05, 0.1) is 5.69 Å². The van der Waals surface area contributed by atoms with Crippen LogP contribution in [0.5, 0.6) is 0 Å². The summed E-state index contributed by atoms with van der Waals surface area (Å²) in [4.78, 5) is 27.5. The maximum absolute atomic E-state index is 12.0. The zero-order valence-electron chi connectivity index (χ0n) is 14.1. The molecule has 0 aromatic carbocycles. The Morgan fingerprint density at radius 2 is 1.73 bits per heavy atom. The van der Waals surface area contributed by atoms with Crippen molar-refractivity contribution >= 4 is 12.2 Å². The lowest BCUT2D eigenvalue weighted by Gasteiger charge is -2.20. The van der Waals surface area contributed by atoms with Crippen LogP contribution in [0.2, 0.25) is 0 Å². The second kappa shape index (κ2) is 6.81. The van der Waals surface area contributed by atoms with Crippen LogP contribution in [-0.4, -0.2) is 39.5 Å². The Kier molecular flexibility index (Phi) is 5.57. The fourth-order valence-corrected chi connectivity index (χ4v) is 1.59. The van der Waals surface area contributed by atoms with Gasteiger partial charge in [-0.1, -0.05) is 0 Å². The van der Waals surface area contributed by atoms with Gasteiger partial charge in [-0.2, -0.15) is 0 Å². The number of alkyl carbamates (subject to hydrolysis) is 1. The van der Waals surface area contributed by atoms with Crippen LogP contribution in [-0.2, 0) is 15.9 Å². The third-order valence-corrected chi connectivity index (χ3v) is 2.35. The number of imidazole rings is 1. The quantitative estimate of drug-likeness (QED) is 0.928. The molecule has 1 N–H and O–H groups in total. The van der Waals surface area contributed by atoms with Gasteiger partial charge in [0.25, 0.3) is 0 Å². The van der Waals surface area contributed by atoms with Crippen LogP contribution in [0.4, 0.5) is 9.59 Å². The molecule has 1 heterocycles. The Morgan fingerprint density at radius 3 is 2.27 bits per heavy atom. The molecule has 0 bridgehead atoms. The first kappa shape index (κ1) is 18.0. The van der Waals surface area contributed by atoms with Gasteiger partial charge >= 0.3 is 12.2 Å². The topological polar surface area (TPSA) is 82.5 Å². The highest BCUT2D eigenvalue weighted by Gasteiger charge is 2.20. The normalized spacial score (nSPS) is 11.9. The first-order valence-corrected chi connectivity index (χ1v) is 7.19. The number of hydrogen-bond donors (Lipinski definition) is 1. The highest BCUT2D eigenvalue weighted by Crippen LogP contribution is 2.11. The molecule has 1 aromatic heterocycles. The molecule has 1 aromatic rings. The predicted octanol–water partition coefficient (Wildman–Crippen LogP) is 2.73. The first-order valence-electron chi connectivity index (χ1n) is 7.19. The summed E-state index contributed by atoms with van der Waals surface area (Å²) in [6, 6.07) is 0. The molecule has 0 aliphatic carbocycles. The standard InChI is InChI=1S/C15H25N3O4/c1-14(2,3)21-12(19)17-8-7-11-9-16-10-18(11)13(20)22-15(4,5)6/h9-10H,7-8H2,1-6H3,(H,17,19). The Morgan fingerprint density at radius 1 is 1.14 bits per heavy atom. The molecule has 1 rings (SSSR count). The van der Waals surface area contributed by atoms with Crippen LogP contribution in [0.1, 0.15) is 47.2 Å². The second-order valence-electron chi connectivity index (χ2n) is 6.91. The van der Waals surface area contributed by atoms with Gasteiger partial charge in [-0.05, 0) is 41.5 Å². The number of amides is 1. The van der Waals surface area contributed by atoms with Gasteiger partial charge in [0, 0.05) is 19.2 Å². The van der Waals surface area contributed by atoms with Crippen LogP contribution >= 0.6 is 0 Å². The van der Waals surface area contributed by atoms with Crippen molar-refractivity contribution in [3.05, 3.63) is 18.2 Å². The summed E-state index contributed by atoms with van der Waals surface area (Å²) in [5.41, 5.74) is -0.458. The van der Waals surface area contributed by atoms with Crippen molar-refractivity contribution in [2.24, 2.45) is 0 Å². The number of aromatic nitrogens is 2. The molecule has 0 spiro atoms. The average molecular weight is 311 g/mol. The van der Waals surface area contributed by atoms with E-state index in [4.69, 9.17) is 9.47 Å². The minimum Gasteiger partial charge on any atom is -0.444 e. The van der Waals surface area contributed by atoms with Gasteiger partial charge in [0.1, 0.15) is 17.5 Å². The Bertz CT molecular complexity index is 524. The van der Waals surface area contributed by atoms with Crippen molar-refractivity contribution < 1.29 is 19.1 Å². The minimum absolute atomic E-state index is 0.337. The summed E-state index contributed by atoms with van der Waals surface area (Å²) >= 11 is 0. The molecule has 0 unspecified atom stereocenters. The molecular weight excluding hydrogens is 286 g/mol. The highest BCUT2D eigenvalue weighted by atomic mass is 16.6. The molecule has 0 saturated carbocycles. The Hall–Kier alpha value is -2.05. The minimum atomic E-state index is -0.576. The van der Waals surface area contributed by atoms with E-state index in [0.29, 0.717) is 18.7 Å². The first-order chi connectivity index (χ1) is 9.98. The van der Waals surface area contributed by atoms with Crippen LogP contribution in [0.15, 0.2) is 12.5 Å². The average Bonchev–Trinajstić information content (AvgIpc) is 2.72. The third kappa shape index (κ3) is 6.60. The van der Waals surface area contributed by atoms with Crippen LogP contribution in [0.25, 0.3) is 0 Å². The number of nitrogens with zero attached hydrogens (tertiary/aromatic N) is 2. The molecule has 0 fully saturated rings. The SMILES string of the molecule is CC(C)(C)OC(=O)NCCc1cncn1C(=O)OC(C)(C)C. The molecule has 7 heteroatoms. The largest absolute Gasteiger partial charge is 0.444 e. The summed E-state index contributed by atoms with van der Waals surface area (Å²) in [6.45, 7) is 11.1. The lowest BCUT2D eigenvalue weighted by molar-refractivity contribution is 0.0527.